The average molecular weight is 228 g/mol. The zero-order valence-electron chi connectivity index (χ0n) is 9.71. The van der Waals surface area contributed by atoms with Crippen molar-refractivity contribution in [3.8, 4) is 5.69 Å². The third kappa shape index (κ3) is 2.22. The minimum atomic E-state index is 0.718. The van der Waals surface area contributed by atoms with Crippen molar-refractivity contribution in [2.24, 2.45) is 5.92 Å². The smallest absolute Gasteiger partial charge is 0.0729 e. The third-order valence-corrected chi connectivity index (χ3v) is 3.28. The van der Waals surface area contributed by atoms with Crippen molar-refractivity contribution in [1.82, 2.24) is 20.3 Å². The summed E-state index contributed by atoms with van der Waals surface area (Å²) in [6.07, 6.45) is 4.18. The van der Waals surface area contributed by atoms with Crippen molar-refractivity contribution in [2.75, 3.05) is 13.1 Å². The highest BCUT2D eigenvalue weighted by molar-refractivity contribution is 5.31. The lowest BCUT2D eigenvalue weighted by Gasteiger charge is -2.09. The van der Waals surface area contributed by atoms with Gasteiger partial charge in [0, 0.05) is 0 Å². The van der Waals surface area contributed by atoms with Gasteiger partial charge in [0.1, 0.15) is 0 Å². The Labute approximate surface area is 101 Å². The maximum atomic E-state index is 4.17. The Morgan fingerprint density at radius 3 is 2.94 bits per heavy atom. The molecule has 2 heterocycles. The third-order valence-electron chi connectivity index (χ3n) is 3.28. The Hall–Kier alpha value is -1.68. The summed E-state index contributed by atoms with van der Waals surface area (Å²) in [7, 11) is 0. The second-order valence-electron chi connectivity index (χ2n) is 4.54. The maximum Gasteiger partial charge on any atom is 0.0729 e. The standard InChI is InChI=1S/C13H16N4/c1-2-4-12(5-3-1)17-13(10-15-16-17)8-11-6-7-14-9-11/h1-5,10-11,14H,6-9H2. The van der Waals surface area contributed by atoms with Crippen LogP contribution in [-0.4, -0.2) is 28.1 Å². The van der Waals surface area contributed by atoms with Gasteiger partial charge in [0.25, 0.3) is 0 Å². The summed E-state index contributed by atoms with van der Waals surface area (Å²) in [4.78, 5) is 0. The minimum Gasteiger partial charge on any atom is -0.316 e. The van der Waals surface area contributed by atoms with E-state index < -0.39 is 0 Å². The van der Waals surface area contributed by atoms with Crippen LogP contribution in [0.4, 0.5) is 0 Å². The predicted molar refractivity (Wildman–Crippen MR) is 66.0 cm³/mol. The van der Waals surface area contributed by atoms with E-state index in [0.717, 1.165) is 31.1 Å². The lowest BCUT2D eigenvalue weighted by atomic mass is 10.0. The molecule has 1 fully saturated rings. The molecule has 0 amide bonds. The van der Waals surface area contributed by atoms with Crippen molar-refractivity contribution >= 4 is 0 Å². The fourth-order valence-corrected chi connectivity index (χ4v) is 2.37. The molecule has 1 atom stereocenters. The van der Waals surface area contributed by atoms with Crippen molar-refractivity contribution in [3.63, 3.8) is 0 Å². The molecule has 0 spiro atoms. The van der Waals surface area contributed by atoms with E-state index in [1.807, 2.05) is 29.1 Å². The van der Waals surface area contributed by atoms with Crippen LogP contribution in [0.5, 0.6) is 0 Å². The summed E-state index contributed by atoms with van der Waals surface area (Å²) in [5.41, 5.74) is 2.29. The van der Waals surface area contributed by atoms with Crippen LogP contribution in [-0.2, 0) is 6.42 Å². The molecule has 1 aliphatic rings. The Morgan fingerprint density at radius 1 is 1.29 bits per heavy atom. The minimum absolute atomic E-state index is 0.718. The molecule has 1 aliphatic heterocycles. The van der Waals surface area contributed by atoms with Gasteiger partial charge in [0.15, 0.2) is 0 Å². The van der Waals surface area contributed by atoms with Gasteiger partial charge < -0.3 is 5.32 Å². The summed E-state index contributed by atoms with van der Waals surface area (Å²) in [6, 6.07) is 10.2. The molecule has 0 bridgehead atoms. The topological polar surface area (TPSA) is 42.7 Å². The zero-order valence-corrected chi connectivity index (χ0v) is 9.71. The van der Waals surface area contributed by atoms with Crippen molar-refractivity contribution < 1.29 is 0 Å². The molecule has 0 radical (unpaired) electrons. The Balaban J connectivity index is 1.84. The first-order valence-corrected chi connectivity index (χ1v) is 6.09. The van der Waals surface area contributed by atoms with Gasteiger partial charge in [0.2, 0.25) is 0 Å². The average Bonchev–Trinajstić information content (AvgIpc) is 3.02. The highest BCUT2D eigenvalue weighted by Crippen LogP contribution is 2.16. The van der Waals surface area contributed by atoms with E-state index in [9.17, 15) is 0 Å². The van der Waals surface area contributed by atoms with Crippen LogP contribution in [0.2, 0.25) is 0 Å². The second-order valence-corrected chi connectivity index (χ2v) is 4.54. The van der Waals surface area contributed by atoms with Gasteiger partial charge in [-0.25, -0.2) is 4.68 Å². The number of benzene rings is 1. The summed E-state index contributed by atoms with van der Waals surface area (Å²) in [5, 5.41) is 11.6. The largest absolute Gasteiger partial charge is 0.316 e. The number of aromatic nitrogens is 3. The van der Waals surface area contributed by atoms with Gasteiger partial charge in [-0.1, -0.05) is 23.4 Å². The molecule has 88 valence electrons. The molecule has 1 aromatic heterocycles. The quantitative estimate of drug-likeness (QED) is 0.864. The van der Waals surface area contributed by atoms with Crippen molar-refractivity contribution in [1.29, 1.82) is 0 Å². The Morgan fingerprint density at radius 2 is 2.18 bits per heavy atom. The highest BCUT2D eigenvalue weighted by Gasteiger charge is 2.17. The van der Waals surface area contributed by atoms with E-state index in [2.05, 4.69) is 27.8 Å². The van der Waals surface area contributed by atoms with E-state index in [-0.39, 0.29) is 0 Å². The van der Waals surface area contributed by atoms with Crippen LogP contribution >= 0.6 is 0 Å². The van der Waals surface area contributed by atoms with E-state index in [4.69, 9.17) is 0 Å². The maximum absolute atomic E-state index is 4.17. The molecule has 1 N–H and O–H groups in total. The number of hydrogen-bond donors (Lipinski definition) is 1. The summed E-state index contributed by atoms with van der Waals surface area (Å²) >= 11 is 0. The molecule has 1 saturated heterocycles. The van der Waals surface area contributed by atoms with Gasteiger partial charge in [-0.05, 0) is 44.0 Å². The van der Waals surface area contributed by atoms with E-state index in [1.54, 1.807) is 0 Å². The van der Waals surface area contributed by atoms with Crippen LogP contribution in [0, 0.1) is 5.92 Å². The number of nitrogens with one attached hydrogen (secondary N) is 1. The van der Waals surface area contributed by atoms with Crippen molar-refractivity contribution in [2.45, 2.75) is 12.8 Å². The van der Waals surface area contributed by atoms with E-state index in [1.165, 1.54) is 12.1 Å². The van der Waals surface area contributed by atoms with Crippen LogP contribution < -0.4 is 5.32 Å². The molecule has 0 saturated carbocycles. The van der Waals surface area contributed by atoms with Crippen LogP contribution in [0.1, 0.15) is 12.1 Å². The fraction of sp³-hybridized carbons (Fsp3) is 0.385. The number of rotatable bonds is 3. The lowest BCUT2D eigenvalue weighted by Crippen LogP contribution is -2.13. The molecule has 1 unspecified atom stereocenters. The van der Waals surface area contributed by atoms with Crippen LogP contribution in [0.25, 0.3) is 5.69 Å². The van der Waals surface area contributed by atoms with E-state index >= 15 is 0 Å². The summed E-state index contributed by atoms with van der Waals surface area (Å²) < 4.78 is 1.94. The number of para-hydroxylation sites is 1. The van der Waals surface area contributed by atoms with Gasteiger partial charge in [-0.2, -0.15) is 0 Å². The Kier molecular flexibility index (Phi) is 2.88. The molecule has 17 heavy (non-hydrogen) atoms. The van der Waals surface area contributed by atoms with E-state index in [0.29, 0.717) is 0 Å². The highest BCUT2D eigenvalue weighted by atomic mass is 15.4. The van der Waals surface area contributed by atoms with Crippen LogP contribution in [0.3, 0.4) is 0 Å². The SMILES string of the molecule is c1ccc(-n2nncc2CC2CCNC2)cc1. The van der Waals surface area contributed by atoms with Crippen LogP contribution in [0.15, 0.2) is 36.5 Å². The predicted octanol–water partition coefficient (Wildman–Crippen LogP) is 1.42. The van der Waals surface area contributed by atoms with Gasteiger partial charge in [-0.3, -0.25) is 0 Å². The molecular weight excluding hydrogens is 212 g/mol. The Bertz CT molecular complexity index is 471. The first-order valence-electron chi connectivity index (χ1n) is 6.09. The number of nitrogens with zero attached hydrogens (tertiary/aromatic N) is 3. The van der Waals surface area contributed by atoms with Gasteiger partial charge in [-0.15, -0.1) is 5.10 Å². The monoisotopic (exact) mass is 228 g/mol. The number of hydrogen-bond acceptors (Lipinski definition) is 3. The fourth-order valence-electron chi connectivity index (χ4n) is 2.37. The lowest BCUT2D eigenvalue weighted by molar-refractivity contribution is 0.559. The van der Waals surface area contributed by atoms with Crippen molar-refractivity contribution in [3.05, 3.63) is 42.2 Å². The molecule has 1 aromatic carbocycles. The molecular formula is C13H16N4. The first-order chi connectivity index (χ1) is 8.43. The zero-order chi connectivity index (χ0) is 11.5. The summed E-state index contributed by atoms with van der Waals surface area (Å²) in [5.74, 6) is 0.718. The molecule has 2 aromatic rings. The first kappa shape index (κ1) is 10.5. The molecule has 4 heteroatoms. The van der Waals surface area contributed by atoms with Gasteiger partial charge >= 0.3 is 0 Å². The molecule has 4 nitrogen and oxygen atoms in total. The molecule has 3 rings (SSSR count). The second kappa shape index (κ2) is 4.67. The summed E-state index contributed by atoms with van der Waals surface area (Å²) in [6.45, 7) is 2.25. The molecule has 0 aliphatic carbocycles. The normalized spacial score (nSPS) is 19.6. The van der Waals surface area contributed by atoms with Gasteiger partial charge in [0.05, 0.1) is 17.6 Å².